The quantitative estimate of drug-likeness (QED) is 0.915. The molecule has 1 atom stereocenters. The molecule has 4 heteroatoms. The summed E-state index contributed by atoms with van der Waals surface area (Å²) >= 11 is 6.13. The molecular weight excluding hydrogens is 265 g/mol. The molecule has 0 aliphatic carbocycles. The Morgan fingerprint density at radius 1 is 1.26 bits per heavy atom. The van der Waals surface area contributed by atoms with E-state index in [1.165, 1.54) is 7.11 Å². The van der Waals surface area contributed by atoms with Crippen molar-refractivity contribution in [1.29, 1.82) is 0 Å². The van der Waals surface area contributed by atoms with E-state index in [0.29, 0.717) is 10.6 Å². The minimum Gasteiger partial charge on any atom is -0.493 e. The average molecular weight is 280 g/mol. The molecule has 0 heterocycles. The van der Waals surface area contributed by atoms with Crippen molar-refractivity contribution < 1.29 is 9.13 Å². The van der Waals surface area contributed by atoms with Crippen LogP contribution < -0.4 is 10.5 Å². The summed E-state index contributed by atoms with van der Waals surface area (Å²) in [4.78, 5) is 0. The van der Waals surface area contributed by atoms with E-state index in [0.717, 1.165) is 5.56 Å². The molecule has 0 radical (unpaired) electrons. The summed E-state index contributed by atoms with van der Waals surface area (Å²) in [6.07, 6.45) is 0. The number of nitrogens with two attached hydrogens (primary N) is 1. The van der Waals surface area contributed by atoms with Crippen LogP contribution in [-0.2, 0) is 0 Å². The van der Waals surface area contributed by atoms with E-state index in [1.54, 1.807) is 13.0 Å². The predicted octanol–water partition coefficient (Wildman–Crippen LogP) is 4.17. The fourth-order valence-corrected chi connectivity index (χ4v) is 2.43. The van der Waals surface area contributed by atoms with Gasteiger partial charge >= 0.3 is 0 Å². The highest BCUT2D eigenvalue weighted by atomic mass is 35.5. The number of benzene rings is 2. The Morgan fingerprint density at radius 2 is 1.89 bits per heavy atom. The first-order valence-corrected chi connectivity index (χ1v) is 6.31. The van der Waals surface area contributed by atoms with Gasteiger partial charge in [0.25, 0.3) is 0 Å². The summed E-state index contributed by atoms with van der Waals surface area (Å²) in [5.41, 5.74) is 7.49. The maximum Gasteiger partial charge on any atom is 0.171 e. The average Bonchev–Trinajstić information content (AvgIpc) is 2.38. The van der Waals surface area contributed by atoms with Crippen LogP contribution in [-0.4, -0.2) is 7.11 Å². The van der Waals surface area contributed by atoms with E-state index >= 15 is 0 Å². The zero-order chi connectivity index (χ0) is 14.0. The van der Waals surface area contributed by atoms with E-state index in [2.05, 4.69) is 0 Å². The van der Waals surface area contributed by atoms with E-state index in [1.807, 2.05) is 30.3 Å². The summed E-state index contributed by atoms with van der Waals surface area (Å²) < 4.78 is 19.6. The lowest BCUT2D eigenvalue weighted by Gasteiger charge is -2.16. The summed E-state index contributed by atoms with van der Waals surface area (Å²) in [6, 6.07) is 10.6. The van der Waals surface area contributed by atoms with E-state index < -0.39 is 11.9 Å². The molecule has 0 amide bonds. The molecule has 0 saturated heterocycles. The first kappa shape index (κ1) is 13.8. The molecule has 0 spiro atoms. The van der Waals surface area contributed by atoms with Crippen LogP contribution in [0.5, 0.6) is 5.75 Å². The van der Waals surface area contributed by atoms with Crippen LogP contribution in [0.4, 0.5) is 4.39 Å². The topological polar surface area (TPSA) is 35.2 Å². The van der Waals surface area contributed by atoms with Crippen molar-refractivity contribution in [3.05, 3.63) is 52.8 Å². The van der Waals surface area contributed by atoms with Crippen LogP contribution in [0.2, 0.25) is 5.02 Å². The lowest BCUT2D eigenvalue weighted by Crippen LogP contribution is -2.10. The molecule has 1 unspecified atom stereocenters. The molecule has 2 rings (SSSR count). The predicted molar refractivity (Wildman–Crippen MR) is 76.0 cm³/mol. The fourth-order valence-electron chi connectivity index (χ4n) is 2.06. The number of halogens is 2. The zero-order valence-corrected chi connectivity index (χ0v) is 11.5. The Labute approximate surface area is 117 Å². The number of hydrogen-bond acceptors (Lipinski definition) is 2. The van der Waals surface area contributed by atoms with Gasteiger partial charge in [0.05, 0.1) is 7.11 Å². The highest BCUT2D eigenvalue weighted by Gasteiger charge is 2.21. The largest absolute Gasteiger partial charge is 0.493 e. The molecule has 2 N–H and O–H groups in total. The smallest absolute Gasteiger partial charge is 0.171 e. The van der Waals surface area contributed by atoms with Crippen molar-refractivity contribution in [3.63, 3.8) is 0 Å². The summed E-state index contributed by atoms with van der Waals surface area (Å²) in [5, 5.41) is 0.312. The van der Waals surface area contributed by atoms with Gasteiger partial charge in [-0.25, -0.2) is 4.39 Å². The van der Waals surface area contributed by atoms with Crippen molar-refractivity contribution in [3.8, 4) is 16.9 Å². The van der Waals surface area contributed by atoms with Crippen LogP contribution in [0, 0.1) is 5.82 Å². The molecule has 2 nitrogen and oxygen atoms in total. The van der Waals surface area contributed by atoms with Gasteiger partial charge < -0.3 is 10.5 Å². The third-order valence-corrected chi connectivity index (χ3v) is 3.27. The summed E-state index contributed by atoms with van der Waals surface area (Å²) in [5.74, 6) is -0.327. The van der Waals surface area contributed by atoms with E-state index in [-0.39, 0.29) is 11.3 Å². The van der Waals surface area contributed by atoms with Gasteiger partial charge in [-0.05, 0) is 18.6 Å². The van der Waals surface area contributed by atoms with Crippen molar-refractivity contribution in [2.45, 2.75) is 13.0 Å². The van der Waals surface area contributed by atoms with Gasteiger partial charge in [-0.3, -0.25) is 0 Å². The lowest BCUT2D eigenvalue weighted by molar-refractivity contribution is 0.384. The maximum absolute atomic E-state index is 14.4. The molecule has 0 fully saturated rings. The summed E-state index contributed by atoms with van der Waals surface area (Å²) in [6.45, 7) is 1.69. The van der Waals surface area contributed by atoms with Crippen LogP contribution in [0.15, 0.2) is 36.4 Å². The van der Waals surface area contributed by atoms with Gasteiger partial charge in [0.1, 0.15) is 0 Å². The highest BCUT2D eigenvalue weighted by Crippen LogP contribution is 2.39. The first-order chi connectivity index (χ1) is 9.06. The number of rotatable bonds is 3. The molecule has 2 aromatic carbocycles. The molecule has 0 saturated carbocycles. The van der Waals surface area contributed by atoms with Crippen LogP contribution in [0.1, 0.15) is 18.5 Å². The van der Waals surface area contributed by atoms with Gasteiger partial charge in [-0.1, -0.05) is 41.9 Å². The molecule has 0 aliphatic heterocycles. The van der Waals surface area contributed by atoms with Gasteiger partial charge in [0, 0.05) is 22.2 Å². The van der Waals surface area contributed by atoms with Crippen LogP contribution >= 0.6 is 11.6 Å². The van der Waals surface area contributed by atoms with Gasteiger partial charge in [0.2, 0.25) is 0 Å². The Kier molecular flexibility index (Phi) is 4.08. The van der Waals surface area contributed by atoms with Crippen molar-refractivity contribution in [2.24, 2.45) is 5.73 Å². The molecule has 19 heavy (non-hydrogen) atoms. The normalized spacial score (nSPS) is 12.3. The fraction of sp³-hybridized carbons (Fsp3) is 0.200. The minimum atomic E-state index is -0.496. The Bertz CT molecular complexity index is 584. The number of ether oxygens (including phenoxy) is 1. The summed E-state index contributed by atoms with van der Waals surface area (Å²) in [7, 11) is 1.43. The van der Waals surface area contributed by atoms with Crippen molar-refractivity contribution >= 4 is 11.6 Å². The standard InChI is InChI=1S/C15H15ClFNO/c1-9(18)13-12(16)8-11(15(19-2)14(13)17)10-6-4-3-5-7-10/h3-9H,18H2,1-2H3. The van der Waals surface area contributed by atoms with E-state index in [4.69, 9.17) is 22.1 Å². The maximum atomic E-state index is 14.4. The molecular formula is C15H15ClFNO. The second-order valence-electron chi connectivity index (χ2n) is 4.32. The van der Waals surface area contributed by atoms with Crippen molar-refractivity contribution in [1.82, 2.24) is 0 Å². The molecule has 2 aromatic rings. The minimum absolute atomic E-state index is 0.169. The highest BCUT2D eigenvalue weighted by molar-refractivity contribution is 6.31. The van der Waals surface area contributed by atoms with Gasteiger partial charge in [0.15, 0.2) is 11.6 Å². The Morgan fingerprint density at radius 3 is 2.42 bits per heavy atom. The van der Waals surface area contributed by atoms with Gasteiger partial charge in [-0.2, -0.15) is 0 Å². The number of methoxy groups -OCH3 is 1. The molecule has 0 bridgehead atoms. The SMILES string of the molecule is COc1c(-c2ccccc2)cc(Cl)c(C(C)N)c1F. The molecule has 0 aromatic heterocycles. The zero-order valence-electron chi connectivity index (χ0n) is 10.8. The van der Waals surface area contributed by atoms with Gasteiger partial charge in [-0.15, -0.1) is 0 Å². The number of hydrogen-bond donors (Lipinski definition) is 1. The molecule has 0 aliphatic rings. The first-order valence-electron chi connectivity index (χ1n) is 5.93. The van der Waals surface area contributed by atoms with E-state index in [9.17, 15) is 4.39 Å². The van der Waals surface area contributed by atoms with Crippen LogP contribution in [0.3, 0.4) is 0 Å². The monoisotopic (exact) mass is 279 g/mol. The Hall–Kier alpha value is -1.58. The lowest BCUT2D eigenvalue weighted by atomic mass is 9.99. The third kappa shape index (κ3) is 2.57. The Balaban J connectivity index is 2.70. The third-order valence-electron chi connectivity index (χ3n) is 2.95. The van der Waals surface area contributed by atoms with Crippen LogP contribution in [0.25, 0.3) is 11.1 Å². The second kappa shape index (κ2) is 5.59. The molecule has 100 valence electrons. The second-order valence-corrected chi connectivity index (χ2v) is 4.73. The van der Waals surface area contributed by atoms with Crippen molar-refractivity contribution in [2.75, 3.05) is 7.11 Å².